The number of aromatic nitrogens is 1. The number of halogens is 1. The van der Waals surface area contributed by atoms with E-state index in [0.29, 0.717) is 33.4 Å². The van der Waals surface area contributed by atoms with Gasteiger partial charge in [-0.3, -0.25) is 9.99 Å². The lowest BCUT2D eigenvalue weighted by molar-refractivity contribution is 0.260. The molecule has 2 heterocycles. The maximum atomic E-state index is 9.99. The third-order valence-corrected chi connectivity index (χ3v) is 8.68. The lowest BCUT2D eigenvalue weighted by Crippen LogP contribution is -2.51. The normalized spacial score (nSPS) is 16.9. The fourth-order valence-electron chi connectivity index (χ4n) is 4.67. The van der Waals surface area contributed by atoms with Crippen molar-refractivity contribution in [2.45, 2.75) is 50.4 Å². The number of hydrazine groups is 2. The largest absolute Gasteiger partial charge is 0.393 e. The molecule has 40 heavy (non-hydrogen) atoms. The lowest BCUT2D eigenvalue weighted by Gasteiger charge is -2.41. The van der Waals surface area contributed by atoms with Gasteiger partial charge in [-0.15, -0.1) is 5.53 Å². The Morgan fingerprint density at radius 3 is 2.48 bits per heavy atom. The number of nitrogens with zero attached hydrogens (tertiary/aromatic N) is 4. The van der Waals surface area contributed by atoms with E-state index < -0.39 is 5.44 Å². The second-order valence-corrected chi connectivity index (χ2v) is 12.8. The summed E-state index contributed by atoms with van der Waals surface area (Å²) in [6.45, 7) is 6.49. The number of fused-ring (bicyclic) bond motifs is 1. The molecule has 0 radical (unpaired) electrons. The van der Waals surface area contributed by atoms with Crippen LogP contribution in [0.3, 0.4) is 0 Å². The predicted molar refractivity (Wildman–Crippen MR) is 169 cm³/mol. The topological polar surface area (TPSA) is 112 Å². The van der Waals surface area contributed by atoms with Crippen LogP contribution in [0.5, 0.6) is 0 Å². The summed E-state index contributed by atoms with van der Waals surface area (Å²) in [6, 6.07) is 16.5. The molecule has 0 bridgehead atoms. The summed E-state index contributed by atoms with van der Waals surface area (Å²) < 4.78 is 0. The summed E-state index contributed by atoms with van der Waals surface area (Å²) in [4.78, 5) is 4.54. The van der Waals surface area contributed by atoms with Crippen LogP contribution in [0, 0.1) is 28.1 Å². The molecule has 1 atom stereocenters. The Hall–Kier alpha value is -3.79. The van der Waals surface area contributed by atoms with E-state index in [9.17, 15) is 10.5 Å². The van der Waals surface area contributed by atoms with Crippen molar-refractivity contribution < 1.29 is 0 Å². The van der Waals surface area contributed by atoms with Crippen molar-refractivity contribution in [3.63, 3.8) is 0 Å². The van der Waals surface area contributed by atoms with Gasteiger partial charge in [-0.25, -0.2) is 0 Å². The molecule has 1 fully saturated rings. The molecule has 1 aliphatic heterocycles. The maximum absolute atomic E-state index is 9.99. The highest BCUT2D eigenvalue weighted by molar-refractivity contribution is 6.42. The van der Waals surface area contributed by atoms with E-state index in [0.717, 1.165) is 35.2 Å². The molecular formula is C28H32B3ClN8. The van der Waals surface area contributed by atoms with E-state index in [1.807, 2.05) is 30.3 Å². The molecule has 2 aliphatic rings. The highest BCUT2D eigenvalue weighted by atomic mass is 35.5. The number of benzene rings is 2. The highest BCUT2D eigenvalue weighted by Crippen LogP contribution is 2.40. The Bertz CT molecular complexity index is 1600. The molecule has 12 heteroatoms. The van der Waals surface area contributed by atoms with Crippen LogP contribution < -0.4 is 21.6 Å². The maximum Gasteiger partial charge on any atom is 0.148 e. The van der Waals surface area contributed by atoms with E-state index in [-0.39, 0.29) is 10.8 Å². The first-order chi connectivity index (χ1) is 18.9. The predicted octanol–water partition coefficient (Wildman–Crippen LogP) is 2.24. The van der Waals surface area contributed by atoms with E-state index >= 15 is 0 Å². The molecule has 8 nitrogen and oxygen atoms in total. The van der Waals surface area contributed by atoms with Gasteiger partial charge in [0.05, 0.1) is 44.6 Å². The van der Waals surface area contributed by atoms with Gasteiger partial charge in [0.2, 0.25) is 0 Å². The number of pyridine rings is 1. The number of hydrogen-bond acceptors (Lipinski definition) is 8. The van der Waals surface area contributed by atoms with Gasteiger partial charge in [0.1, 0.15) is 29.6 Å². The third kappa shape index (κ3) is 5.08. The van der Waals surface area contributed by atoms with Crippen LogP contribution in [-0.4, -0.2) is 44.9 Å². The molecule has 2 aromatic carbocycles. The molecular weight excluding hydrogens is 516 g/mol. The first-order valence-corrected chi connectivity index (χ1v) is 13.9. The number of nitrogens with one attached hydrogen (secondary N) is 4. The van der Waals surface area contributed by atoms with Crippen LogP contribution >= 0.6 is 11.6 Å². The third-order valence-electron chi connectivity index (χ3n) is 8.39. The Balaban J connectivity index is 1.64. The minimum Gasteiger partial charge on any atom is -0.393 e. The van der Waals surface area contributed by atoms with Gasteiger partial charge >= 0.3 is 0 Å². The molecule has 0 spiro atoms. The Kier molecular flexibility index (Phi) is 6.94. The molecule has 5 rings (SSSR count). The van der Waals surface area contributed by atoms with Crippen molar-refractivity contribution in [1.29, 1.82) is 10.5 Å². The molecule has 1 saturated carbocycles. The molecule has 4 N–H and O–H groups in total. The molecule has 3 aromatic rings. The fourth-order valence-corrected chi connectivity index (χ4v) is 4.93. The Labute approximate surface area is 243 Å². The smallest absolute Gasteiger partial charge is 0.148 e. The van der Waals surface area contributed by atoms with Gasteiger partial charge in [-0.2, -0.15) is 10.5 Å². The van der Waals surface area contributed by atoms with Crippen molar-refractivity contribution in [3.8, 4) is 12.1 Å². The number of rotatable bonds is 7. The van der Waals surface area contributed by atoms with Crippen LogP contribution in [0.25, 0.3) is 10.9 Å². The van der Waals surface area contributed by atoms with Crippen LogP contribution in [0.1, 0.15) is 50.3 Å². The summed E-state index contributed by atoms with van der Waals surface area (Å²) in [5.74, 6) is 0. The second kappa shape index (κ2) is 10.00. The zero-order chi connectivity index (χ0) is 28.9. The minimum atomic E-state index is -0.751. The first-order valence-electron chi connectivity index (χ1n) is 13.5. The Morgan fingerprint density at radius 1 is 1.07 bits per heavy atom. The van der Waals surface area contributed by atoms with Crippen LogP contribution in [0.15, 0.2) is 54.5 Å². The molecule has 1 unspecified atom stereocenters. The molecule has 1 aromatic heterocycles. The van der Waals surface area contributed by atoms with E-state index in [1.165, 1.54) is 0 Å². The van der Waals surface area contributed by atoms with Gasteiger partial charge in [-0.05, 0) is 53.4 Å². The van der Waals surface area contributed by atoms with Crippen molar-refractivity contribution in [1.82, 2.24) is 21.0 Å². The summed E-state index contributed by atoms with van der Waals surface area (Å²) in [5.41, 5.74) is 10.7. The van der Waals surface area contributed by atoms with Gasteiger partial charge in [0.25, 0.3) is 0 Å². The van der Waals surface area contributed by atoms with Crippen molar-refractivity contribution in [2.75, 3.05) is 10.6 Å². The average molecular weight is 549 g/mol. The Morgan fingerprint density at radius 2 is 1.82 bits per heavy atom. The quantitative estimate of drug-likeness (QED) is 0.333. The SMILES string of the molecule is BC(Nc1cc(Cl)c2ncc(C#N)c(NC(B)(B)C(C)(C)C)c2c1)(C1=CN(C2CC2)NN1)c1cccc(C#N)c1. The zero-order valence-electron chi connectivity index (χ0n) is 23.8. The van der Waals surface area contributed by atoms with Gasteiger partial charge in [0.15, 0.2) is 0 Å². The van der Waals surface area contributed by atoms with Crippen LogP contribution in [0.2, 0.25) is 5.02 Å². The fraction of sp³-hybridized carbons (Fsp3) is 0.321. The summed E-state index contributed by atoms with van der Waals surface area (Å²) in [7, 11) is 6.32. The zero-order valence-corrected chi connectivity index (χ0v) is 24.5. The monoisotopic (exact) mass is 548 g/mol. The number of nitriles is 2. The first kappa shape index (κ1) is 27.8. The summed E-state index contributed by atoms with van der Waals surface area (Å²) >= 11 is 6.84. The molecule has 1 aliphatic carbocycles. The number of anilines is 2. The molecule has 200 valence electrons. The number of hydrogen-bond donors (Lipinski definition) is 4. The van der Waals surface area contributed by atoms with Gasteiger partial charge in [-0.1, -0.05) is 44.5 Å². The van der Waals surface area contributed by atoms with Crippen molar-refractivity contribution in [3.05, 3.63) is 76.2 Å². The van der Waals surface area contributed by atoms with Crippen molar-refractivity contribution in [2.24, 2.45) is 5.41 Å². The average Bonchev–Trinajstić information content (AvgIpc) is 3.63. The second-order valence-electron chi connectivity index (χ2n) is 12.4. The van der Waals surface area contributed by atoms with E-state index in [4.69, 9.17) is 11.6 Å². The van der Waals surface area contributed by atoms with E-state index in [1.54, 1.807) is 12.3 Å². The summed E-state index contributed by atoms with van der Waals surface area (Å²) in [5, 5.41) is 29.9. The summed E-state index contributed by atoms with van der Waals surface area (Å²) in [6.07, 6.45) is 5.94. The highest BCUT2D eigenvalue weighted by Gasteiger charge is 2.38. The molecule has 0 saturated heterocycles. The molecule has 0 amide bonds. The van der Waals surface area contributed by atoms with Gasteiger partial charge in [0, 0.05) is 29.5 Å². The lowest BCUT2D eigenvalue weighted by atomic mass is 9.49. The van der Waals surface area contributed by atoms with E-state index in [2.05, 4.69) is 94.2 Å². The standard InChI is InChI=1S/C28H32B3ClN8/c1-26(2,3)28(30,31)37-24-17(13-34)14-35-25-21(24)10-19(11-22(25)32)36-27(29,18-6-4-5-16(9-18)12-33)23-15-40(39-38-23)20-7-8-20/h4-6,9-11,14-15,20,36,38-39H,7-8,29-31H2,1-3H3,(H,35,37). The van der Waals surface area contributed by atoms with Crippen molar-refractivity contribution >= 4 is 57.4 Å². The van der Waals surface area contributed by atoms with Crippen LogP contribution in [-0.2, 0) is 5.44 Å². The van der Waals surface area contributed by atoms with Crippen LogP contribution in [0.4, 0.5) is 11.4 Å². The minimum absolute atomic E-state index is 0.0969. The van der Waals surface area contributed by atoms with Gasteiger partial charge < -0.3 is 16.1 Å².